The van der Waals surface area contributed by atoms with Gasteiger partial charge in [-0.25, -0.2) is 0 Å². The van der Waals surface area contributed by atoms with Gasteiger partial charge in [0.1, 0.15) is 0 Å². The SMILES string of the molecule is C.CC1CCCC(C)CC1. The van der Waals surface area contributed by atoms with Gasteiger partial charge < -0.3 is 0 Å². The first-order valence-electron chi connectivity index (χ1n) is 4.29. The molecule has 0 aromatic carbocycles. The first-order chi connectivity index (χ1) is 4.29. The lowest BCUT2D eigenvalue weighted by molar-refractivity contribution is 0.476. The lowest BCUT2D eigenvalue weighted by atomic mass is 10.0. The second kappa shape index (κ2) is 4.76. The topological polar surface area (TPSA) is 0 Å². The lowest BCUT2D eigenvalue weighted by Crippen LogP contribution is -1.91. The Balaban J connectivity index is 0.000000810. The molecule has 0 N–H and O–H groups in total. The Hall–Kier alpha value is 0. The largest absolute Gasteiger partial charge is 0.0776 e. The summed E-state index contributed by atoms with van der Waals surface area (Å²) in [5.41, 5.74) is 0. The van der Waals surface area contributed by atoms with Crippen molar-refractivity contribution < 1.29 is 0 Å². The molecule has 62 valence electrons. The normalized spacial score (nSPS) is 34.2. The van der Waals surface area contributed by atoms with Gasteiger partial charge in [0, 0.05) is 0 Å². The van der Waals surface area contributed by atoms with Crippen molar-refractivity contribution in [3.8, 4) is 0 Å². The standard InChI is InChI=1S/C9H18.CH4/c1-8-4-3-5-9(2)7-6-8;/h8-9H,3-7H2,1-2H3;1H4. The van der Waals surface area contributed by atoms with Crippen molar-refractivity contribution in [2.45, 2.75) is 53.4 Å². The highest BCUT2D eigenvalue weighted by Gasteiger charge is 2.11. The second-order valence-corrected chi connectivity index (χ2v) is 3.72. The molecule has 1 rings (SSSR count). The molecule has 0 saturated heterocycles. The van der Waals surface area contributed by atoms with Crippen molar-refractivity contribution in [1.29, 1.82) is 0 Å². The Morgan fingerprint density at radius 2 is 1.20 bits per heavy atom. The summed E-state index contributed by atoms with van der Waals surface area (Å²) in [5.74, 6) is 2.02. The Kier molecular flexibility index (Phi) is 4.76. The average molecular weight is 142 g/mol. The van der Waals surface area contributed by atoms with Crippen molar-refractivity contribution >= 4 is 0 Å². The number of hydrogen-bond donors (Lipinski definition) is 0. The fraction of sp³-hybridized carbons (Fsp3) is 1.00. The van der Waals surface area contributed by atoms with E-state index in [1.165, 1.54) is 32.1 Å². The van der Waals surface area contributed by atoms with Crippen LogP contribution >= 0.6 is 0 Å². The van der Waals surface area contributed by atoms with Gasteiger partial charge >= 0.3 is 0 Å². The van der Waals surface area contributed by atoms with Gasteiger partial charge in [0.2, 0.25) is 0 Å². The minimum atomic E-state index is 0. The van der Waals surface area contributed by atoms with Gasteiger partial charge in [0.15, 0.2) is 0 Å². The monoisotopic (exact) mass is 142 g/mol. The molecule has 10 heavy (non-hydrogen) atoms. The molecule has 1 aliphatic carbocycles. The van der Waals surface area contributed by atoms with Crippen LogP contribution in [0.3, 0.4) is 0 Å². The van der Waals surface area contributed by atoms with Crippen LogP contribution in [-0.2, 0) is 0 Å². The molecule has 0 aromatic heterocycles. The Morgan fingerprint density at radius 1 is 0.800 bits per heavy atom. The third-order valence-corrected chi connectivity index (χ3v) is 2.55. The zero-order chi connectivity index (χ0) is 6.69. The minimum Gasteiger partial charge on any atom is -0.0776 e. The Bertz CT molecular complexity index is 66.1. The highest BCUT2D eigenvalue weighted by atomic mass is 14.2. The van der Waals surface area contributed by atoms with Gasteiger partial charge in [-0.15, -0.1) is 0 Å². The van der Waals surface area contributed by atoms with E-state index in [2.05, 4.69) is 13.8 Å². The van der Waals surface area contributed by atoms with E-state index in [0.29, 0.717) is 0 Å². The molecule has 0 heterocycles. The maximum Gasteiger partial charge on any atom is -0.0443 e. The molecule has 2 atom stereocenters. The van der Waals surface area contributed by atoms with Gasteiger partial charge in [-0.05, 0) is 11.8 Å². The molecule has 0 radical (unpaired) electrons. The zero-order valence-electron chi connectivity index (χ0n) is 6.69. The van der Waals surface area contributed by atoms with Crippen molar-refractivity contribution in [2.24, 2.45) is 11.8 Å². The molecular weight excluding hydrogens is 120 g/mol. The van der Waals surface area contributed by atoms with E-state index in [1.54, 1.807) is 0 Å². The van der Waals surface area contributed by atoms with Crippen LogP contribution in [0.1, 0.15) is 53.4 Å². The molecule has 0 bridgehead atoms. The summed E-state index contributed by atoms with van der Waals surface area (Å²) in [6.45, 7) is 4.77. The molecule has 0 aromatic rings. The maximum absolute atomic E-state index is 2.39. The first kappa shape index (κ1) is 10.0. The fourth-order valence-electron chi connectivity index (χ4n) is 1.67. The van der Waals surface area contributed by atoms with E-state index in [1.807, 2.05) is 0 Å². The highest BCUT2D eigenvalue weighted by Crippen LogP contribution is 2.25. The summed E-state index contributed by atoms with van der Waals surface area (Å²) in [6, 6.07) is 0. The van der Waals surface area contributed by atoms with Gasteiger partial charge in [-0.1, -0.05) is 53.4 Å². The number of rotatable bonds is 0. The van der Waals surface area contributed by atoms with E-state index in [9.17, 15) is 0 Å². The summed E-state index contributed by atoms with van der Waals surface area (Å²) in [5, 5.41) is 0. The van der Waals surface area contributed by atoms with Crippen LogP contribution in [0.15, 0.2) is 0 Å². The molecule has 1 saturated carbocycles. The van der Waals surface area contributed by atoms with Crippen LogP contribution in [0.4, 0.5) is 0 Å². The van der Waals surface area contributed by atoms with Crippen molar-refractivity contribution in [1.82, 2.24) is 0 Å². The average Bonchev–Trinajstić information content (AvgIpc) is 1.97. The van der Waals surface area contributed by atoms with Gasteiger partial charge in [0.25, 0.3) is 0 Å². The van der Waals surface area contributed by atoms with Crippen LogP contribution in [0.25, 0.3) is 0 Å². The van der Waals surface area contributed by atoms with E-state index in [0.717, 1.165) is 11.8 Å². The van der Waals surface area contributed by atoms with E-state index in [-0.39, 0.29) is 7.43 Å². The van der Waals surface area contributed by atoms with Crippen LogP contribution in [0, 0.1) is 11.8 Å². The van der Waals surface area contributed by atoms with Crippen LogP contribution in [0.2, 0.25) is 0 Å². The zero-order valence-corrected chi connectivity index (χ0v) is 6.69. The molecule has 0 amide bonds. The summed E-state index contributed by atoms with van der Waals surface area (Å²) in [6.07, 6.45) is 7.37. The summed E-state index contributed by atoms with van der Waals surface area (Å²) in [7, 11) is 0. The van der Waals surface area contributed by atoms with Gasteiger partial charge in [0.05, 0.1) is 0 Å². The molecule has 0 nitrogen and oxygen atoms in total. The Labute approximate surface area is 66.0 Å². The highest BCUT2D eigenvalue weighted by molar-refractivity contribution is 4.64. The van der Waals surface area contributed by atoms with Crippen LogP contribution < -0.4 is 0 Å². The van der Waals surface area contributed by atoms with Gasteiger partial charge in [-0.3, -0.25) is 0 Å². The van der Waals surface area contributed by atoms with Gasteiger partial charge in [-0.2, -0.15) is 0 Å². The summed E-state index contributed by atoms with van der Waals surface area (Å²) in [4.78, 5) is 0. The van der Waals surface area contributed by atoms with Crippen molar-refractivity contribution in [2.75, 3.05) is 0 Å². The molecule has 0 heteroatoms. The van der Waals surface area contributed by atoms with Crippen molar-refractivity contribution in [3.05, 3.63) is 0 Å². The summed E-state index contributed by atoms with van der Waals surface area (Å²) < 4.78 is 0. The molecule has 2 unspecified atom stereocenters. The van der Waals surface area contributed by atoms with Crippen LogP contribution in [-0.4, -0.2) is 0 Å². The Morgan fingerprint density at radius 3 is 1.60 bits per heavy atom. The maximum atomic E-state index is 2.39. The molecule has 1 fully saturated rings. The molecular formula is C10H22. The quantitative estimate of drug-likeness (QED) is 0.450. The molecule has 1 aliphatic rings. The fourth-order valence-corrected chi connectivity index (χ4v) is 1.67. The number of hydrogen-bond acceptors (Lipinski definition) is 0. The second-order valence-electron chi connectivity index (χ2n) is 3.72. The lowest BCUT2D eigenvalue weighted by Gasteiger charge is -2.05. The predicted molar refractivity (Wildman–Crippen MR) is 48.1 cm³/mol. The molecule has 0 aliphatic heterocycles. The van der Waals surface area contributed by atoms with E-state index >= 15 is 0 Å². The third-order valence-electron chi connectivity index (χ3n) is 2.55. The van der Waals surface area contributed by atoms with Crippen molar-refractivity contribution in [3.63, 3.8) is 0 Å². The van der Waals surface area contributed by atoms with Crippen LogP contribution in [0.5, 0.6) is 0 Å². The minimum absolute atomic E-state index is 0. The molecule has 0 spiro atoms. The summed E-state index contributed by atoms with van der Waals surface area (Å²) >= 11 is 0. The predicted octanol–water partition coefficient (Wildman–Crippen LogP) is 3.86. The van der Waals surface area contributed by atoms with E-state index in [4.69, 9.17) is 0 Å². The smallest absolute Gasteiger partial charge is 0.0443 e. The van der Waals surface area contributed by atoms with E-state index < -0.39 is 0 Å². The third kappa shape index (κ3) is 3.24. The first-order valence-corrected chi connectivity index (χ1v) is 4.29.